The zero-order chi connectivity index (χ0) is 12.8. The zero-order valence-electron chi connectivity index (χ0n) is 10.9. The highest BCUT2D eigenvalue weighted by Gasteiger charge is 2.22. The fourth-order valence-electron chi connectivity index (χ4n) is 2.98. The molecule has 2 nitrogen and oxygen atoms in total. The van der Waals surface area contributed by atoms with Gasteiger partial charge in [-0.25, -0.2) is 0 Å². The molecule has 1 aromatic carbocycles. The van der Waals surface area contributed by atoms with Crippen LogP contribution in [0.1, 0.15) is 44.1 Å². The molecule has 0 spiro atoms. The largest absolute Gasteiger partial charge is 0.271 e. The SMILES string of the molecule is NNC(Cc1ccccc1Cl)C1CCCCCC1. The summed E-state index contributed by atoms with van der Waals surface area (Å²) in [6, 6.07) is 8.42. The molecule has 1 atom stereocenters. The molecule has 3 N–H and O–H groups in total. The fourth-order valence-corrected chi connectivity index (χ4v) is 3.19. The number of halogens is 1. The van der Waals surface area contributed by atoms with E-state index < -0.39 is 0 Å². The quantitative estimate of drug-likeness (QED) is 0.496. The molecule has 0 aliphatic heterocycles. The molecule has 0 aromatic heterocycles. The maximum Gasteiger partial charge on any atom is 0.0438 e. The lowest BCUT2D eigenvalue weighted by atomic mass is 9.88. The molecule has 1 unspecified atom stereocenters. The van der Waals surface area contributed by atoms with Crippen molar-refractivity contribution in [2.45, 2.75) is 51.0 Å². The third kappa shape index (κ3) is 3.71. The van der Waals surface area contributed by atoms with Gasteiger partial charge in [-0.1, -0.05) is 55.5 Å². The molecule has 0 amide bonds. The first-order valence-electron chi connectivity index (χ1n) is 7.01. The number of hydrazine groups is 1. The van der Waals surface area contributed by atoms with Gasteiger partial charge < -0.3 is 0 Å². The topological polar surface area (TPSA) is 38.0 Å². The predicted octanol–water partition coefficient (Wildman–Crippen LogP) is 3.68. The Balaban J connectivity index is 2.02. The molecular weight excluding hydrogens is 244 g/mol. The third-order valence-electron chi connectivity index (χ3n) is 4.08. The van der Waals surface area contributed by atoms with E-state index >= 15 is 0 Å². The molecule has 1 aliphatic carbocycles. The molecule has 1 aromatic rings. The Morgan fingerprint density at radius 3 is 2.44 bits per heavy atom. The minimum Gasteiger partial charge on any atom is -0.271 e. The summed E-state index contributed by atoms with van der Waals surface area (Å²) in [6.07, 6.45) is 8.94. The van der Waals surface area contributed by atoms with Gasteiger partial charge in [0.25, 0.3) is 0 Å². The molecule has 100 valence electrons. The molecule has 0 bridgehead atoms. The maximum atomic E-state index is 6.23. The molecule has 1 saturated carbocycles. The number of hydrogen-bond donors (Lipinski definition) is 2. The second-order valence-electron chi connectivity index (χ2n) is 5.32. The van der Waals surface area contributed by atoms with Crippen molar-refractivity contribution in [1.29, 1.82) is 0 Å². The standard InChI is InChI=1S/C15H23ClN2/c16-14-10-6-5-9-13(14)11-15(18-17)12-7-3-1-2-4-8-12/h5-6,9-10,12,15,18H,1-4,7-8,11,17H2. The molecule has 1 aliphatic rings. The van der Waals surface area contributed by atoms with Gasteiger partial charge in [0.2, 0.25) is 0 Å². The van der Waals surface area contributed by atoms with Crippen molar-refractivity contribution in [3.8, 4) is 0 Å². The van der Waals surface area contributed by atoms with Crippen LogP contribution in [0.4, 0.5) is 0 Å². The van der Waals surface area contributed by atoms with Crippen LogP contribution in [-0.4, -0.2) is 6.04 Å². The predicted molar refractivity (Wildman–Crippen MR) is 77.5 cm³/mol. The van der Waals surface area contributed by atoms with Crippen molar-refractivity contribution in [2.75, 3.05) is 0 Å². The fraction of sp³-hybridized carbons (Fsp3) is 0.600. The lowest BCUT2D eigenvalue weighted by molar-refractivity contribution is 0.320. The zero-order valence-corrected chi connectivity index (χ0v) is 11.6. The van der Waals surface area contributed by atoms with Crippen LogP contribution in [0.5, 0.6) is 0 Å². The van der Waals surface area contributed by atoms with Gasteiger partial charge in [0.15, 0.2) is 0 Å². The summed E-state index contributed by atoms with van der Waals surface area (Å²) in [5.74, 6) is 6.45. The Kier molecular flexibility index (Phi) is 5.48. The molecule has 1 fully saturated rings. The van der Waals surface area contributed by atoms with Crippen LogP contribution >= 0.6 is 11.6 Å². The van der Waals surface area contributed by atoms with Gasteiger partial charge in [-0.15, -0.1) is 0 Å². The molecule has 0 heterocycles. The molecular formula is C15H23ClN2. The van der Waals surface area contributed by atoms with Gasteiger partial charge in [0, 0.05) is 11.1 Å². The Morgan fingerprint density at radius 2 is 1.83 bits per heavy atom. The van der Waals surface area contributed by atoms with E-state index in [2.05, 4.69) is 11.5 Å². The van der Waals surface area contributed by atoms with Crippen molar-refractivity contribution in [3.63, 3.8) is 0 Å². The third-order valence-corrected chi connectivity index (χ3v) is 4.45. The van der Waals surface area contributed by atoms with E-state index in [1.807, 2.05) is 18.2 Å². The maximum absolute atomic E-state index is 6.23. The average molecular weight is 267 g/mol. The summed E-state index contributed by atoms with van der Waals surface area (Å²) >= 11 is 6.23. The monoisotopic (exact) mass is 266 g/mol. The molecule has 0 radical (unpaired) electrons. The van der Waals surface area contributed by atoms with Crippen molar-refractivity contribution >= 4 is 11.6 Å². The van der Waals surface area contributed by atoms with Crippen LogP contribution in [-0.2, 0) is 6.42 Å². The number of rotatable bonds is 4. The summed E-state index contributed by atoms with van der Waals surface area (Å²) < 4.78 is 0. The number of nitrogens with one attached hydrogen (secondary N) is 1. The molecule has 2 rings (SSSR count). The van der Waals surface area contributed by atoms with E-state index in [0.717, 1.165) is 11.4 Å². The van der Waals surface area contributed by atoms with E-state index in [4.69, 9.17) is 17.4 Å². The Bertz CT molecular complexity index is 359. The minimum atomic E-state index is 0.350. The van der Waals surface area contributed by atoms with Crippen molar-refractivity contribution in [1.82, 2.24) is 5.43 Å². The lowest BCUT2D eigenvalue weighted by Crippen LogP contribution is -2.42. The number of nitrogens with two attached hydrogens (primary N) is 1. The normalized spacial score (nSPS) is 19.4. The Morgan fingerprint density at radius 1 is 1.17 bits per heavy atom. The summed E-state index contributed by atoms with van der Waals surface area (Å²) in [7, 11) is 0. The van der Waals surface area contributed by atoms with E-state index in [-0.39, 0.29) is 0 Å². The molecule has 0 saturated heterocycles. The van der Waals surface area contributed by atoms with E-state index in [1.54, 1.807) is 0 Å². The van der Waals surface area contributed by atoms with Crippen LogP contribution < -0.4 is 11.3 Å². The van der Waals surface area contributed by atoms with Crippen LogP contribution in [0.3, 0.4) is 0 Å². The van der Waals surface area contributed by atoms with Gasteiger partial charge in [0.05, 0.1) is 0 Å². The van der Waals surface area contributed by atoms with Crippen LogP contribution in [0.2, 0.25) is 5.02 Å². The number of benzene rings is 1. The van der Waals surface area contributed by atoms with Crippen LogP contribution in [0.25, 0.3) is 0 Å². The molecule has 18 heavy (non-hydrogen) atoms. The van der Waals surface area contributed by atoms with Crippen molar-refractivity contribution in [2.24, 2.45) is 11.8 Å². The number of hydrogen-bond acceptors (Lipinski definition) is 2. The summed E-state index contributed by atoms with van der Waals surface area (Å²) in [5, 5.41) is 0.853. The Hall–Kier alpha value is -0.570. The van der Waals surface area contributed by atoms with Gasteiger partial charge in [-0.3, -0.25) is 11.3 Å². The summed E-state index contributed by atoms with van der Waals surface area (Å²) in [4.78, 5) is 0. The van der Waals surface area contributed by atoms with Crippen molar-refractivity contribution < 1.29 is 0 Å². The highest BCUT2D eigenvalue weighted by atomic mass is 35.5. The smallest absolute Gasteiger partial charge is 0.0438 e. The van der Waals surface area contributed by atoms with Gasteiger partial charge in [0.1, 0.15) is 0 Å². The van der Waals surface area contributed by atoms with Gasteiger partial charge in [-0.05, 0) is 36.8 Å². The first kappa shape index (κ1) is 13.9. The van der Waals surface area contributed by atoms with Gasteiger partial charge >= 0.3 is 0 Å². The van der Waals surface area contributed by atoms with Gasteiger partial charge in [-0.2, -0.15) is 0 Å². The van der Waals surface area contributed by atoms with E-state index in [1.165, 1.54) is 44.1 Å². The van der Waals surface area contributed by atoms with Crippen LogP contribution in [0, 0.1) is 5.92 Å². The average Bonchev–Trinajstić information content (AvgIpc) is 2.67. The van der Waals surface area contributed by atoms with Crippen molar-refractivity contribution in [3.05, 3.63) is 34.9 Å². The van der Waals surface area contributed by atoms with E-state index in [9.17, 15) is 0 Å². The van der Waals surface area contributed by atoms with E-state index in [0.29, 0.717) is 12.0 Å². The minimum absolute atomic E-state index is 0.350. The summed E-state index contributed by atoms with van der Waals surface area (Å²) in [5.41, 5.74) is 4.22. The first-order valence-corrected chi connectivity index (χ1v) is 7.38. The summed E-state index contributed by atoms with van der Waals surface area (Å²) in [6.45, 7) is 0. The van der Waals surface area contributed by atoms with Crippen LogP contribution in [0.15, 0.2) is 24.3 Å². The highest BCUT2D eigenvalue weighted by Crippen LogP contribution is 2.28. The second kappa shape index (κ2) is 7.13. The Labute approximate surface area is 115 Å². The first-order chi connectivity index (χ1) is 8.81. The highest BCUT2D eigenvalue weighted by molar-refractivity contribution is 6.31. The molecule has 3 heteroatoms. The second-order valence-corrected chi connectivity index (χ2v) is 5.73. The lowest BCUT2D eigenvalue weighted by Gasteiger charge is -2.26.